The van der Waals surface area contributed by atoms with E-state index in [4.69, 9.17) is 0 Å². The highest BCUT2D eigenvalue weighted by atomic mass is 32.1. The normalized spacial score (nSPS) is 11.7. The van der Waals surface area contributed by atoms with E-state index in [1.54, 1.807) is 0 Å². The molecule has 0 aromatic carbocycles. The van der Waals surface area contributed by atoms with Crippen molar-refractivity contribution in [2.45, 2.75) is 39.7 Å². The zero-order valence-electron chi connectivity index (χ0n) is 8.01. The van der Waals surface area contributed by atoms with Crippen molar-refractivity contribution in [2.75, 3.05) is 5.32 Å². The minimum atomic E-state index is 0.117. The molecule has 0 saturated carbocycles. The summed E-state index contributed by atoms with van der Waals surface area (Å²) in [5.41, 5.74) is 0.117. The van der Waals surface area contributed by atoms with Gasteiger partial charge >= 0.3 is 0 Å². The summed E-state index contributed by atoms with van der Waals surface area (Å²) in [6, 6.07) is 0. The van der Waals surface area contributed by atoms with Crippen LogP contribution in [-0.4, -0.2) is 14.9 Å². The molecule has 0 aliphatic rings. The number of hydrogen-bond donors (Lipinski definition) is 1. The van der Waals surface area contributed by atoms with Crippen molar-refractivity contribution in [3.05, 3.63) is 5.82 Å². The average molecular weight is 185 g/mol. The van der Waals surface area contributed by atoms with Crippen LogP contribution in [0.25, 0.3) is 0 Å². The Labute approximate surface area is 77.4 Å². The second-order valence-corrected chi connectivity index (χ2v) is 4.26. The van der Waals surface area contributed by atoms with E-state index < -0.39 is 0 Å². The third-order valence-corrected chi connectivity index (χ3v) is 2.58. The van der Waals surface area contributed by atoms with E-state index in [1.807, 2.05) is 6.92 Å². The third-order valence-electron chi connectivity index (χ3n) is 1.86. The molecule has 1 heterocycles. The Morgan fingerprint density at radius 2 is 2.17 bits per heavy atom. The molecule has 1 N–H and O–H groups in total. The number of anilines is 1. The van der Waals surface area contributed by atoms with Gasteiger partial charge in [-0.15, -0.1) is 0 Å². The number of hydrogen-bond acceptors (Lipinski definition) is 4. The Balaban J connectivity index is 2.63. The van der Waals surface area contributed by atoms with Gasteiger partial charge in [-0.2, -0.15) is 4.37 Å². The fourth-order valence-electron chi connectivity index (χ4n) is 0.726. The molecule has 12 heavy (non-hydrogen) atoms. The highest BCUT2D eigenvalue weighted by Crippen LogP contribution is 2.18. The van der Waals surface area contributed by atoms with Crippen molar-refractivity contribution >= 4 is 16.7 Å². The Kier molecular flexibility index (Phi) is 2.67. The molecule has 68 valence electrons. The Bertz CT molecular complexity index is 255. The fourth-order valence-corrected chi connectivity index (χ4v) is 1.48. The van der Waals surface area contributed by atoms with Gasteiger partial charge in [0, 0.05) is 17.1 Å². The van der Waals surface area contributed by atoms with Crippen LogP contribution in [0.3, 0.4) is 0 Å². The van der Waals surface area contributed by atoms with Gasteiger partial charge in [0.05, 0.1) is 0 Å². The summed E-state index contributed by atoms with van der Waals surface area (Å²) in [7, 11) is 0. The zero-order chi connectivity index (χ0) is 9.19. The van der Waals surface area contributed by atoms with E-state index in [0.717, 1.165) is 17.4 Å². The molecule has 0 saturated heterocycles. The van der Waals surface area contributed by atoms with Crippen LogP contribution in [0.5, 0.6) is 0 Å². The summed E-state index contributed by atoms with van der Waals surface area (Å²) in [6.07, 6.45) is 1.08. The Morgan fingerprint density at radius 3 is 2.58 bits per heavy atom. The maximum Gasteiger partial charge on any atom is 0.202 e. The highest BCUT2D eigenvalue weighted by Gasteiger charge is 2.15. The van der Waals surface area contributed by atoms with E-state index >= 15 is 0 Å². The molecule has 1 aromatic heterocycles. The molecule has 0 aliphatic carbocycles. The van der Waals surface area contributed by atoms with Gasteiger partial charge in [0.2, 0.25) is 5.13 Å². The fraction of sp³-hybridized carbons (Fsp3) is 0.750. The molecule has 0 spiro atoms. The van der Waals surface area contributed by atoms with E-state index in [9.17, 15) is 0 Å². The van der Waals surface area contributed by atoms with Crippen molar-refractivity contribution < 1.29 is 0 Å². The van der Waals surface area contributed by atoms with Crippen molar-refractivity contribution in [2.24, 2.45) is 0 Å². The standard InChI is InChI=1S/C8H15N3S/c1-5-8(3,4)10-7-9-6(2)11-12-7/h5H2,1-4H3,(H,9,10,11). The molecule has 0 amide bonds. The first-order valence-corrected chi connectivity index (χ1v) is 4.89. The number of rotatable bonds is 3. The van der Waals surface area contributed by atoms with E-state index in [1.165, 1.54) is 11.5 Å². The molecule has 0 aliphatic heterocycles. The summed E-state index contributed by atoms with van der Waals surface area (Å²) in [6.45, 7) is 8.37. The minimum Gasteiger partial charge on any atom is -0.355 e. The van der Waals surface area contributed by atoms with E-state index in [0.29, 0.717) is 0 Å². The predicted molar refractivity (Wildman–Crippen MR) is 52.6 cm³/mol. The first-order valence-electron chi connectivity index (χ1n) is 4.12. The first kappa shape index (κ1) is 9.45. The van der Waals surface area contributed by atoms with Crippen LogP contribution in [-0.2, 0) is 0 Å². The quantitative estimate of drug-likeness (QED) is 0.786. The molecular weight excluding hydrogens is 170 g/mol. The number of aryl methyl sites for hydroxylation is 1. The van der Waals surface area contributed by atoms with Crippen LogP contribution < -0.4 is 5.32 Å². The Hall–Kier alpha value is -0.640. The number of aromatic nitrogens is 2. The summed E-state index contributed by atoms with van der Waals surface area (Å²) in [5.74, 6) is 0.842. The van der Waals surface area contributed by atoms with Crippen LogP contribution >= 0.6 is 11.5 Å². The molecule has 0 bridgehead atoms. The minimum absolute atomic E-state index is 0.117. The molecule has 0 radical (unpaired) electrons. The smallest absolute Gasteiger partial charge is 0.202 e. The average Bonchev–Trinajstić information content (AvgIpc) is 2.35. The molecular formula is C8H15N3S. The molecule has 1 rings (SSSR count). The Morgan fingerprint density at radius 1 is 1.50 bits per heavy atom. The monoisotopic (exact) mass is 185 g/mol. The topological polar surface area (TPSA) is 37.8 Å². The second kappa shape index (κ2) is 3.39. The van der Waals surface area contributed by atoms with Gasteiger partial charge in [0.1, 0.15) is 5.82 Å². The lowest BCUT2D eigenvalue weighted by atomic mass is 10.0. The summed E-state index contributed by atoms with van der Waals surface area (Å²) in [5, 5.41) is 4.25. The second-order valence-electron chi connectivity index (χ2n) is 3.51. The molecule has 3 nitrogen and oxygen atoms in total. The first-order chi connectivity index (χ1) is 5.53. The maximum absolute atomic E-state index is 4.24. The third kappa shape index (κ3) is 2.44. The van der Waals surface area contributed by atoms with Crippen molar-refractivity contribution in [1.82, 2.24) is 9.36 Å². The molecule has 0 unspecified atom stereocenters. The van der Waals surface area contributed by atoms with E-state index in [2.05, 4.69) is 35.4 Å². The predicted octanol–water partition coefficient (Wildman–Crippen LogP) is 2.45. The SMILES string of the molecule is CCC(C)(C)Nc1nc(C)ns1. The lowest BCUT2D eigenvalue weighted by Crippen LogP contribution is -2.29. The lowest BCUT2D eigenvalue weighted by Gasteiger charge is -2.23. The van der Waals surface area contributed by atoms with Gasteiger partial charge in [0.25, 0.3) is 0 Å². The lowest BCUT2D eigenvalue weighted by molar-refractivity contribution is 0.547. The van der Waals surface area contributed by atoms with Crippen molar-refractivity contribution in [1.29, 1.82) is 0 Å². The van der Waals surface area contributed by atoms with Gasteiger partial charge in [-0.1, -0.05) is 6.92 Å². The highest BCUT2D eigenvalue weighted by molar-refractivity contribution is 7.09. The summed E-state index contributed by atoms with van der Waals surface area (Å²) in [4.78, 5) is 4.24. The molecule has 0 fully saturated rings. The van der Waals surface area contributed by atoms with Gasteiger partial charge in [-0.3, -0.25) is 0 Å². The van der Waals surface area contributed by atoms with Gasteiger partial charge in [-0.25, -0.2) is 4.98 Å². The van der Waals surface area contributed by atoms with Gasteiger partial charge in [-0.05, 0) is 27.2 Å². The maximum atomic E-state index is 4.24. The van der Waals surface area contributed by atoms with Gasteiger partial charge < -0.3 is 5.32 Å². The van der Waals surface area contributed by atoms with Crippen molar-refractivity contribution in [3.63, 3.8) is 0 Å². The number of nitrogens with zero attached hydrogens (tertiary/aromatic N) is 2. The molecule has 1 aromatic rings. The van der Waals surface area contributed by atoms with Gasteiger partial charge in [0.15, 0.2) is 0 Å². The number of nitrogens with one attached hydrogen (secondary N) is 1. The summed E-state index contributed by atoms with van der Waals surface area (Å²) < 4.78 is 4.10. The molecule has 0 atom stereocenters. The van der Waals surface area contributed by atoms with E-state index in [-0.39, 0.29) is 5.54 Å². The van der Waals surface area contributed by atoms with Crippen molar-refractivity contribution in [3.8, 4) is 0 Å². The van der Waals surface area contributed by atoms with Crippen LogP contribution in [0.4, 0.5) is 5.13 Å². The van der Waals surface area contributed by atoms with Crippen LogP contribution in [0.1, 0.15) is 33.0 Å². The van der Waals surface area contributed by atoms with Crippen LogP contribution in [0, 0.1) is 6.92 Å². The zero-order valence-corrected chi connectivity index (χ0v) is 8.83. The van der Waals surface area contributed by atoms with Crippen LogP contribution in [0.15, 0.2) is 0 Å². The largest absolute Gasteiger partial charge is 0.355 e. The summed E-state index contributed by atoms with van der Waals surface area (Å²) >= 11 is 1.42. The van der Waals surface area contributed by atoms with Crippen LogP contribution in [0.2, 0.25) is 0 Å². The molecule has 4 heteroatoms.